The molecule has 0 atom stereocenters. The second-order valence-electron chi connectivity index (χ2n) is 9.16. The largest absolute Gasteiger partial charge is 0.264 e. The third-order valence-corrected chi connectivity index (χ3v) is 8.24. The molecule has 0 bridgehead atoms. The molecular weight excluding hydrogens is 466 g/mol. The van der Waals surface area contributed by atoms with Gasteiger partial charge in [0.05, 0.1) is 0 Å². The Labute approximate surface area is 220 Å². The highest BCUT2D eigenvalue weighted by Crippen LogP contribution is 2.46. The summed E-state index contributed by atoms with van der Waals surface area (Å²) < 4.78 is 0. The number of hydrogen-bond acceptors (Lipinski definition) is 2. The third kappa shape index (κ3) is 3.78. The monoisotopic (exact) mass is 489 g/mol. The maximum Gasteiger partial charge on any atom is 0.0353 e. The first kappa shape index (κ1) is 21.8. The fourth-order valence-electron chi connectivity index (χ4n) is 5.35. The molecule has 37 heavy (non-hydrogen) atoms. The zero-order chi connectivity index (χ0) is 24.6. The first-order valence-electron chi connectivity index (χ1n) is 12.5. The molecule has 0 radical (unpaired) electrons. The van der Waals surface area contributed by atoms with Crippen LogP contribution in [0.4, 0.5) is 0 Å². The molecule has 1 aromatic heterocycles. The number of nitrogens with zero attached hydrogens (tertiary/aromatic N) is 1. The number of pyridine rings is 1. The van der Waals surface area contributed by atoms with Gasteiger partial charge in [-0.25, -0.2) is 0 Å². The standard InChI is InChI=1S/C35H23NS/c1-3-11-24(12-4-1)26-19-20-33(28-16-8-7-15-27(26)28)37-35-30-18-10-9-17-29(30)34(25-13-5-2-6-14-25)32-23-36-22-21-31(32)35/h1-23H. The van der Waals surface area contributed by atoms with Crippen molar-refractivity contribution in [3.8, 4) is 22.3 Å². The Morgan fingerprint density at radius 1 is 0.432 bits per heavy atom. The van der Waals surface area contributed by atoms with Gasteiger partial charge < -0.3 is 0 Å². The smallest absolute Gasteiger partial charge is 0.0353 e. The van der Waals surface area contributed by atoms with E-state index in [0.717, 1.165) is 0 Å². The number of aromatic nitrogens is 1. The molecular formula is C35H23NS. The second kappa shape index (κ2) is 9.24. The topological polar surface area (TPSA) is 12.9 Å². The summed E-state index contributed by atoms with van der Waals surface area (Å²) in [5.41, 5.74) is 4.96. The van der Waals surface area contributed by atoms with Gasteiger partial charge in [-0.1, -0.05) is 127 Å². The molecule has 0 fully saturated rings. The molecule has 0 aliphatic carbocycles. The molecule has 0 unspecified atom stereocenters. The van der Waals surface area contributed by atoms with Crippen LogP contribution >= 0.6 is 11.8 Å². The van der Waals surface area contributed by atoms with E-state index >= 15 is 0 Å². The van der Waals surface area contributed by atoms with Gasteiger partial charge in [-0.05, 0) is 61.3 Å². The van der Waals surface area contributed by atoms with Crippen LogP contribution in [0.15, 0.2) is 150 Å². The quantitative estimate of drug-likeness (QED) is 0.228. The van der Waals surface area contributed by atoms with Crippen molar-refractivity contribution < 1.29 is 0 Å². The summed E-state index contributed by atoms with van der Waals surface area (Å²) in [6.45, 7) is 0. The molecule has 7 rings (SSSR count). The summed E-state index contributed by atoms with van der Waals surface area (Å²) in [5.74, 6) is 0. The van der Waals surface area contributed by atoms with Crippen molar-refractivity contribution in [2.24, 2.45) is 0 Å². The summed E-state index contributed by atoms with van der Waals surface area (Å²) >= 11 is 1.86. The van der Waals surface area contributed by atoms with Crippen LogP contribution in [0.5, 0.6) is 0 Å². The van der Waals surface area contributed by atoms with E-state index in [9.17, 15) is 0 Å². The Hall–Kier alpha value is -4.40. The minimum Gasteiger partial charge on any atom is -0.264 e. The van der Waals surface area contributed by atoms with E-state index in [2.05, 4.69) is 132 Å². The average Bonchev–Trinajstić information content (AvgIpc) is 2.98. The molecule has 0 saturated carbocycles. The van der Waals surface area contributed by atoms with Crippen molar-refractivity contribution >= 4 is 44.1 Å². The molecule has 1 nitrogen and oxygen atoms in total. The Morgan fingerprint density at radius 3 is 1.78 bits per heavy atom. The lowest BCUT2D eigenvalue weighted by Gasteiger charge is -2.18. The summed E-state index contributed by atoms with van der Waals surface area (Å²) in [6, 6.07) is 45.6. The molecule has 0 aliphatic heterocycles. The number of rotatable bonds is 4. The lowest BCUT2D eigenvalue weighted by atomic mass is 9.93. The summed E-state index contributed by atoms with van der Waals surface area (Å²) in [6.07, 6.45) is 3.93. The van der Waals surface area contributed by atoms with Crippen LogP contribution in [0.3, 0.4) is 0 Å². The fourth-order valence-corrected chi connectivity index (χ4v) is 6.57. The van der Waals surface area contributed by atoms with Gasteiger partial charge in [-0.15, -0.1) is 0 Å². The molecule has 0 spiro atoms. The minimum atomic E-state index is 1.18. The first-order chi connectivity index (χ1) is 18.4. The van der Waals surface area contributed by atoms with E-state index in [4.69, 9.17) is 0 Å². The van der Waals surface area contributed by atoms with Crippen molar-refractivity contribution in [3.63, 3.8) is 0 Å². The maximum atomic E-state index is 4.54. The highest BCUT2D eigenvalue weighted by Gasteiger charge is 2.17. The fraction of sp³-hybridized carbons (Fsp3) is 0. The summed E-state index contributed by atoms with van der Waals surface area (Å²) in [5, 5.41) is 7.47. The summed E-state index contributed by atoms with van der Waals surface area (Å²) in [7, 11) is 0. The normalized spacial score (nSPS) is 11.4. The van der Waals surface area contributed by atoms with Crippen LogP contribution in [-0.4, -0.2) is 4.98 Å². The van der Waals surface area contributed by atoms with E-state index in [0.29, 0.717) is 0 Å². The van der Waals surface area contributed by atoms with Crippen LogP contribution in [-0.2, 0) is 0 Å². The Bertz CT molecular complexity index is 1840. The average molecular weight is 490 g/mol. The number of fused-ring (bicyclic) bond motifs is 3. The van der Waals surface area contributed by atoms with Gasteiger partial charge in [-0.3, -0.25) is 4.98 Å². The zero-order valence-electron chi connectivity index (χ0n) is 20.1. The van der Waals surface area contributed by atoms with Crippen molar-refractivity contribution in [2.45, 2.75) is 9.79 Å². The second-order valence-corrected chi connectivity index (χ2v) is 10.2. The van der Waals surface area contributed by atoms with Gasteiger partial charge >= 0.3 is 0 Å². The Balaban J connectivity index is 1.48. The van der Waals surface area contributed by atoms with Gasteiger partial charge in [0.1, 0.15) is 0 Å². The van der Waals surface area contributed by atoms with Crippen molar-refractivity contribution in [1.29, 1.82) is 0 Å². The van der Waals surface area contributed by atoms with Gasteiger partial charge in [0, 0.05) is 27.6 Å². The van der Waals surface area contributed by atoms with E-state index in [1.165, 1.54) is 64.4 Å². The third-order valence-electron chi connectivity index (χ3n) is 7.02. The highest BCUT2D eigenvalue weighted by atomic mass is 32.2. The van der Waals surface area contributed by atoms with Gasteiger partial charge in [0.15, 0.2) is 0 Å². The van der Waals surface area contributed by atoms with Crippen LogP contribution in [0.25, 0.3) is 54.6 Å². The SMILES string of the molecule is c1ccc(-c2ccc(Sc3c4ccccc4c(-c4ccccc4)c4cnccc34)c3ccccc23)cc1. The molecule has 0 aliphatic rings. The van der Waals surface area contributed by atoms with E-state index in [1.54, 1.807) is 0 Å². The van der Waals surface area contributed by atoms with E-state index in [-0.39, 0.29) is 0 Å². The minimum absolute atomic E-state index is 1.18. The number of hydrogen-bond donors (Lipinski definition) is 0. The van der Waals surface area contributed by atoms with Crippen LogP contribution < -0.4 is 0 Å². The highest BCUT2D eigenvalue weighted by molar-refractivity contribution is 8.00. The first-order valence-corrected chi connectivity index (χ1v) is 13.3. The molecule has 0 N–H and O–H groups in total. The van der Waals surface area contributed by atoms with Crippen molar-refractivity contribution in [2.75, 3.05) is 0 Å². The molecule has 0 amide bonds. The van der Waals surface area contributed by atoms with Gasteiger partial charge in [0.2, 0.25) is 0 Å². The predicted octanol–water partition coefficient (Wildman–Crippen LogP) is 10.0. The van der Waals surface area contributed by atoms with Crippen molar-refractivity contribution in [1.82, 2.24) is 4.98 Å². The lowest BCUT2D eigenvalue weighted by Crippen LogP contribution is -1.90. The molecule has 0 saturated heterocycles. The van der Waals surface area contributed by atoms with E-state index < -0.39 is 0 Å². The van der Waals surface area contributed by atoms with E-state index in [1.807, 2.05) is 24.2 Å². The molecule has 1 heterocycles. The van der Waals surface area contributed by atoms with Gasteiger partial charge in [-0.2, -0.15) is 0 Å². The lowest BCUT2D eigenvalue weighted by molar-refractivity contribution is 1.36. The zero-order valence-corrected chi connectivity index (χ0v) is 21.0. The Kier molecular flexibility index (Phi) is 5.45. The van der Waals surface area contributed by atoms with Crippen LogP contribution in [0, 0.1) is 0 Å². The van der Waals surface area contributed by atoms with Gasteiger partial charge in [0.25, 0.3) is 0 Å². The molecule has 6 aromatic carbocycles. The molecule has 7 aromatic rings. The van der Waals surface area contributed by atoms with Crippen LogP contribution in [0.2, 0.25) is 0 Å². The molecule has 2 heteroatoms. The summed E-state index contributed by atoms with van der Waals surface area (Å²) in [4.78, 5) is 7.06. The number of benzene rings is 6. The van der Waals surface area contributed by atoms with Crippen molar-refractivity contribution in [3.05, 3.63) is 140 Å². The van der Waals surface area contributed by atoms with Crippen LogP contribution in [0.1, 0.15) is 0 Å². The maximum absolute atomic E-state index is 4.54. The Morgan fingerprint density at radius 2 is 1.03 bits per heavy atom. The molecule has 174 valence electrons. The predicted molar refractivity (Wildman–Crippen MR) is 158 cm³/mol.